The van der Waals surface area contributed by atoms with Crippen LogP contribution in [0.25, 0.3) is 10.9 Å². The molecule has 1 heterocycles. The second-order valence-electron chi connectivity index (χ2n) is 8.12. The van der Waals surface area contributed by atoms with Crippen LogP contribution in [0.3, 0.4) is 0 Å². The summed E-state index contributed by atoms with van der Waals surface area (Å²) >= 11 is 1.30. The Balaban J connectivity index is 1.57. The topological polar surface area (TPSA) is 87.8 Å². The lowest BCUT2D eigenvalue weighted by atomic mass is 9.83. The van der Waals surface area contributed by atoms with Gasteiger partial charge >= 0.3 is 0 Å². The SMILES string of the molecule is N#CC1(NC(=O)CSc2nc3ccccc3c(=O)n2C2CCCC2)CCCCC1. The number of carbonyl (C=O) groups excluding carboxylic acids is 1. The molecular weight excluding hydrogens is 384 g/mol. The van der Waals surface area contributed by atoms with Gasteiger partial charge in [0, 0.05) is 6.04 Å². The predicted molar refractivity (Wildman–Crippen MR) is 114 cm³/mol. The molecule has 2 aliphatic carbocycles. The molecule has 0 aliphatic heterocycles. The zero-order chi connectivity index (χ0) is 20.3. The van der Waals surface area contributed by atoms with E-state index in [1.54, 1.807) is 4.57 Å². The largest absolute Gasteiger partial charge is 0.337 e. The van der Waals surface area contributed by atoms with Gasteiger partial charge in [-0.3, -0.25) is 14.2 Å². The number of thioether (sulfide) groups is 1. The van der Waals surface area contributed by atoms with Crippen molar-refractivity contribution in [2.45, 2.75) is 74.5 Å². The Labute approximate surface area is 174 Å². The summed E-state index contributed by atoms with van der Waals surface area (Å²) in [6.45, 7) is 0. The number of nitrogens with zero attached hydrogens (tertiary/aromatic N) is 3. The van der Waals surface area contributed by atoms with E-state index in [0.717, 1.165) is 44.9 Å². The van der Waals surface area contributed by atoms with Crippen LogP contribution in [0, 0.1) is 11.3 Å². The van der Waals surface area contributed by atoms with Gasteiger partial charge in [0.05, 0.1) is 22.7 Å². The number of nitrogens with one attached hydrogen (secondary N) is 1. The number of amides is 1. The standard InChI is InChI=1S/C22H26N4O2S/c23-15-22(12-6-1-7-13-22)25-19(27)14-29-21-24-18-11-5-4-10-17(18)20(28)26(21)16-8-2-3-9-16/h4-5,10-11,16H,1-3,6-9,12-14H2,(H,25,27). The number of fused-ring (bicyclic) bond motifs is 1. The van der Waals surface area contributed by atoms with E-state index in [1.165, 1.54) is 11.8 Å². The number of nitriles is 1. The van der Waals surface area contributed by atoms with Crippen molar-refractivity contribution in [3.05, 3.63) is 34.6 Å². The molecule has 0 radical (unpaired) electrons. The summed E-state index contributed by atoms with van der Waals surface area (Å²) in [6.07, 6.45) is 8.63. The lowest BCUT2D eigenvalue weighted by molar-refractivity contribution is -0.120. The molecule has 1 N–H and O–H groups in total. The van der Waals surface area contributed by atoms with Crippen LogP contribution in [0.5, 0.6) is 0 Å². The van der Waals surface area contributed by atoms with Gasteiger partial charge in [-0.25, -0.2) is 4.98 Å². The van der Waals surface area contributed by atoms with E-state index in [4.69, 9.17) is 4.98 Å². The fraction of sp³-hybridized carbons (Fsp3) is 0.545. The highest BCUT2D eigenvalue weighted by atomic mass is 32.2. The first kappa shape index (κ1) is 20.0. The molecule has 1 amide bonds. The third-order valence-corrected chi connectivity index (χ3v) is 7.05. The Morgan fingerprint density at radius 2 is 1.93 bits per heavy atom. The number of rotatable bonds is 5. The molecule has 0 bridgehead atoms. The maximum atomic E-state index is 13.2. The number of benzene rings is 1. The Morgan fingerprint density at radius 1 is 1.21 bits per heavy atom. The van der Waals surface area contributed by atoms with Gasteiger partial charge in [-0.05, 0) is 37.8 Å². The summed E-state index contributed by atoms with van der Waals surface area (Å²) in [7, 11) is 0. The quantitative estimate of drug-likeness (QED) is 0.596. The van der Waals surface area contributed by atoms with Crippen LogP contribution in [0.4, 0.5) is 0 Å². The first-order chi connectivity index (χ1) is 14.1. The summed E-state index contributed by atoms with van der Waals surface area (Å²) in [4.78, 5) is 30.5. The molecule has 0 spiro atoms. The van der Waals surface area contributed by atoms with E-state index < -0.39 is 5.54 Å². The molecule has 0 unspecified atom stereocenters. The first-order valence-corrected chi connectivity index (χ1v) is 11.5. The van der Waals surface area contributed by atoms with E-state index in [-0.39, 0.29) is 23.3 Å². The highest BCUT2D eigenvalue weighted by molar-refractivity contribution is 7.99. The predicted octanol–water partition coefficient (Wildman–Crippen LogP) is 3.95. The van der Waals surface area contributed by atoms with Gasteiger partial charge in [-0.2, -0.15) is 5.26 Å². The summed E-state index contributed by atoms with van der Waals surface area (Å²) in [5.74, 6) is -0.0140. The van der Waals surface area contributed by atoms with Crippen molar-refractivity contribution >= 4 is 28.6 Å². The van der Waals surface area contributed by atoms with E-state index in [2.05, 4.69) is 11.4 Å². The third-order valence-electron chi connectivity index (χ3n) is 6.10. The smallest absolute Gasteiger partial charge is 0.262 e. The minimum Gasteiger partial charge on any atom is -0.337 e. The maximum Gasteiger partial charge on any atom is 0.262 e. The van der Waals surface area contributed by atoms with Crippen molar-refractivity contribution < 1.29 is 4.79 Å². The minimum atomic E-state index is -0.738. The summed E-state index contributed by atoms with van der Waals surface area (Å²) in [5.41, 5.74) is -0.0979. The van der Waals surface area contributed by atoms with Gasteiger partial charge in [0.15, 0.2) is 5.16 Å². The molecule has 2 fully saturated rings. The van der Waals surface area contributed by atoms with Crippen molar-refractivity contribution in [1.29, 1.82) is 5.26 Å². The number of carbonyl (C=O) groups is 1. The molecule has 152 valence electrons. The summed E-state index contributed by atoms with van der Waals surface area (Å²) in [5, 5.41) is 13.8. The lowest BCUT2D eigenvalue weighted by Gasteiger charge is -2.31. The van der Waals surface area contributed by atoms with Crippen LogP contribution in [0.15, 0.2) is 34.2 Å². The van der Waals surface area contributed by atoms with E-state index in [0.29, 0.717) is 28.9 Å². The third kappa shape index (κ3) is 4.18. The number of para-hydroxylation sites is 1. The van der Waals surface area contributed by atoms with Crippen molar-refractivity contribution in [2.24, 2.45) is 0 Å². The van der Waals surface area contributed by atoms with Crippen LogP contribution in [-0.4, -0.2) is 26.8 Å². The monoisotopic (exact) mass is 410 g/mol. The van der Waals surface area contributed by atoms with Crippen LogP contribution >= 0.6 is 11.8 Å². The lowest BCUT2D eigenvalue weighted by Crippen LogP contribution is -2.49. The molecule has 7 heteroatoms. The maximum absolute atomic E-state index is 13.2. The fourth-order valence-corrected chi connectivity index (χ4v) is 5.43. The van der Waals surface area contributed by atoms with Crippen molar-refractivity contribution in [3.8, 4) is 6.07 Å². The van der Waals surface area contributed by atoms with Crippen LogP contribution < -0.4 is 10.9 Å². The van der Waals surface area contributed by atoms with Gasteiger partial charge in [-0.15, -0.1) is 0 Å². The molecule has 29 heavy (non-hydrogen) atoms. The Morgan fingerprint density at radius 3 is 2.66 bits per heavy atom. The second-order valence-corrected chi connectivity index (χ2v) is 9.06. The zero-order valence-electron chi connectivity index (χ0n) is 16.5. The minimum absolute atomic E-state index is 0.0221. The van der Waals surface area contributed by atoms with Crippen molar-refractivity contribution in [1.82, 2.24) is 14.9 Å². The number of aromatic nitrogens is 2. The summed E-state index contributed by atoms with van der Waals surface area (Å²) in [6, 6.07) is 9.86. The molecule has 1 aromatic heterocycles. The highest BCUT2D eigenvalue weighted by Crippen LogP contribution is 2.32. The fourth-order valence-electron chi connectivity index (χ4n) is 4.56. The van der Waals surface area contributed by atoms with Crippen LogP contribution in [0.2, 0.25) is 0 Å². The van der Waals surface area contributed by atoms with Gasteiger partial charge < -0.3 is 5.32 Å². The van der Waals surface area contributed by atoms with Gasteiger partial charge in [0.25, 0.3) is 5.56 Å². The Hall–Kier alpha value is -2.33. The van der Waals surface area contributed by atoms with E-state index >= 15 is 0 Å². The summed E-state index contributed by atoms with van der Waals surface area (Å²) < 4.78 is 1.80. The average Bonchev–Trinajstić information content (AvgIpc) is 3.27. The zero-order valence-corrected chi connectivity index (χ0v) is 17.3. The Kier molecular flexibility index (Phi) is 5.91. The van der Waals surface area contributed by atoms with E-state index in [9.17, 15) is 14.9 Å². The normalized spacial score (nSPS) is 19.1. The van der Waals surface area contributed by atoms with Crippen LogP contribution in [-0.2, 0) is 4.79 Å². The molecule has 6 nitrogen and oxygen atoms in total. The Bertz CT molecular complexity index is 998. The average molecular weight is 411 g/mol. The molecule has 2 aromatic rings. The van der Waals surface area contributed by atoms with Gasteiger partial charge in [0.1, 0.15) is 5.54 Å². The van der Waals surface area contributed by atoms with Gasteiger partial charge in [-0.1, -0.05) is 56.0 Å². The van der Waals surface area contributed by atoms with Crippen LogP contribution in [0.1, 0.15) is 63.8 Å². The molecule has 2 saturated carbocycles. The molecule has 0 atom stereocenters. The molecular formula is C22H26N4O2S. The van der Waals surface area contributed by atoms with E-state index in [1.807, 2.05) is 24.3 Å². The highest BCUT2D eigenvalue weighted by Gasteiger charge is 2.33. The number of hydrogen-bond acceptors (Lipinski definition) is 5. The molecule has 0 saturated heterocycles. The van der Waals surface area contributed by atoms with Crippen molar-refractivity contribution in [2.75, 3.05) is 5.75 Å². The van der Waals surface area contributed by atoms with Crippen molar-refractivity contribution in [3.63, 3.8) is 0 Å². The first-order valence-electron chi connectivity index (χ1n) is 10.5. The molecule has 4 rings (SSSR count). The molecule has 1 aromatic carbocycles. The van der Waals surface area contributed by atoms with Gasteiger partial charge in [0.2, 0.25) is 5.91 Å². The number of hydrogen-bond donors (Lipinski definition) is 1. The second kappa shape index (κ2) is 8.58. The molecule has 2 aliphatic rings.